The highest BCUT2D eigenvalue weighted by Gasteiger charge is 1.91. The Kier molecular flexibility index (Phi) is 15.3. The molecule has 0 aromatic heterocycles. The van der Waals surface area contributed by atoms with Gasteiger partial charge in [-0.15, -0.1) is 11.6 Å². The Balaban J connectivity index is 0. The molecule has 0 aliphatic carbocycles. The molecule has 0 bridgehead atoms. The van der Waals surface area contributed by atoms with Crippen molar-refractivity contribution in [3.63, 3.8) is 0 Å². The van der Waals surface area contributed by atoms with Gasteiger partial charge in [0.25, 0.3) is 0 Å². The summed E-state index contributed by atoms with van der Waals surface area (Å²) in [5, 5.41) is 3.02. The third-order valence-corrected chi connectivity index (χ3v) is 0.940. The largest absolute Gasteiger partial charge is 0.461 e. The molecule has 72 valence electrons. The van der Waals surface area contributed by atoms with Crippen molar-refractivity contribution < 1.29 is 9.53 Å². The van der Waals surface area contributed by atoms with Gasteiger partial charge in [0.15, 0.2) is 0 Å². The Hall–Kier alpha value is -0.540. The Morgan fingerprint density at radius 1 is 1.67 bits per heavy atom. The molecule has 0 rings (SSSR count). The maximum atomic E-state index is 10.4. The Morgan fingerprint density at radius 2 is 2.25 bits per heavy atom. The Bertz CT molecular complexity index is 118. The maximum absolute atomic E-state index is 10.4. The molecule has 0 aromatic carbocycles. The summed E-state index contributed by atoms with van der Waals surface area (Å²) in [6.07, 6.45) is 2.63. The van der Waals surface area contributed by atoms with Crippen LogP contribution in [-0.2, 0) is 9.53 Å². The highest BCUT2D eigenvalue weighted by Crippen LogP contribution is 1.76. The molecule has 0 spiro atoms. The monoisotopic (exact) mass is 193 g/mol. The molecule has 0 radical (unpaired) electrons. The molecule has 0 atom stereocenters. The molecule has 0 saturated carbocycles. The van der Waals surface area contributed by atoms with Crippen molar-refractivity contribution in [2.75, 3.05) is 26.1 Å². The molecule has 3 nitrogen and oxygen atoms in total. The summed E-state index contributed by atoms with van der Waals surface area (Å²) in [7, 11) is 0. The quantitative estimate of drug-likeness (QED) is 0.309. The first-order valence-corrected chi connectivity index (χ1v) is 4.44. The van der Waals surface area contributed by atoms with E-state index in [1.165, 1.54) is 6.38 Å². The van der Waals surface area contributed by atoms with E-state index in [9.17, 15) is 4.79 Å². The lowest BCUT2D eigenvalue weighted by molar-refractivity contribution is -0.137. The fourth-order valence-corrected chi connectivity index (χ4v) is 0.459. The van der Waals surface area contributed by atoms with Crippen LogP contribution >= 0.6 is 11.6 Å². The van der Waals surface area contributed by atoms with Gasteiger partial charge in [-0.05, 0) is 6.54 Å². The lowest BCUT2D eigenvalue weighted by atomic mass is 10.6. The molecular weight excluding hydrogens is 178 g/mol. The predicted molar refractivity (Wildman–Crippen MR) is 51.5 cm³/mol. The van der Waals surface area contributed by atoms with Crippen LogP contribution in [0.1, 0.15) is 6.92 Å². The summed E-state index contributed by atoms with van der Waals surface area (Å²) in [4.78, 5) is 10.4. The first-order valence-electron chi connectivity index (χ1n) is 3.69. The number of carbonyl (C=O) groups excluding carboxylic acids is 1. The summed E-state index contributed by atoms with van der Waals surface area (Å²) in [6.45, 7) is 7.27. The van der Waals surface area contributed by atoms with E-state index >= 15 is 0 Å². The molecule has 0 aliphatic heterocycles. The third-order valence-electron chi connectivity index (χ3n) is 0.940. The second-order valence-corrected chi connectivity index (χ2v) is 1.73. The van der Waals surface area contributed by atoms with Gasteiger partial charge in [-0.3, -0.25) is 0 Å². The number of esters is 1. The van der Waals surface area contributed by atoms with E-state index in [-0.39, 0.29) is 5.97 Å². The minimum atomic E-state index is -0.363. The fourth-order valence-electron chi connectivity index (χ4n) is 0.459. The second-order valence-electron chi connectivity index (χ2n) is 1.73. The topological polar surface area (TPSA) is 38.3 Å². The van der Waals surface area contributed by atoms with Crippen molar-refractivity contribution in [2.45, 2.75) is 6.92 Å². The molecule has 12 heavy (non-hydrogen) atoms. The summed E-state index contributed by atoms with van der Waals surface area (Å²) in [5.41, 5.74) is 0. The molecule has 0 saturated heterocycles. The number of rotatable bonds is 5. The zero-order valence-electron chi connectivity index (χ0n) is 7.60. The van der Waals surface area contributed by atoms with Crippen LogP contribution in [0.2, 0.25) is 0 Å². The lowest BCUT2D eigenvalue weighted by Gasteiger charge is -2.00. The number of nitrogens with one attached hydrogen (secondary N) is 1. The van der Waals surface area contributed by atoms with Gasteiger partial charge in [-0.1, -0.05) is 13.5 Å². The van der Waals surface area contributed by atoms with Crippen LogP contribution in [0.4, 0.5) is 0 Å². The lowest BCUT2D eigenvalue weighted by Crippen LogP contribution is -2.20. The number of ether oxygens (including phenoxy) is 1. The molecular formula is C8H16ClNO2. The molecule has 0 aromatic rings. The molecule has 4 heteroatoms. The van der Waals surface area contributed by atoms with E-state index in [1.54, 1.807) is 0 Å². The first-order chi connectivity index (χ1) is 5.81. The molecule has 1 N–H and O–H groups in total. The van der Waals surface area contributed by atoms with Crippen LogP contribution in [-0.4, -0.2) is 32.0 Å². The van der Waals surface area contributed by atoms with Crippen molar-refractivity contribution in [1.29, 1.82) is 0 Å². The van der Waals surface area contributed by atoms with Crippen LogP contribution in [0.5, 0.6) is 0 Å². The van der Waals surface area contributed by atoms with Gasteiger partial charge in [0.2, 0.25) is 0 Å². The number of hydrogen-bond donors (Lipinski definition) is 1. The van der Waals surface area contributed by atoms with Crippen molar-refractivity contribution in [3.05, 3.63) is 12.7 Å². The van der Waals surface area contributed by atoms with Crippen LogP contribution < -0.4 is 5.32 Å². The molecule has 0 amide bonds. The number of carbonyl (C=O) groups is 1. The summed E-state index contributed by atoms with van der Waals surface area (Å²) in [6, 6.07) is 0. The molecule has 0 unspecified atom stereocenters. The smallest absolute Gasteiger partial charge is 0.330 e. The second kappa shape index (κ2) is 13.1. The highest BCUT2D eigenvalue weighted by atomic mass is 35.5. The standard InChI is InChI=1S/C7H13NO2.CH3Cl/c1-3-7(9)10-6-5-8-4-2;1-2/h3,8H,1,4-6H2,2H3;1H3. The van der Waals surface area contributed by atoms with E-state index < -0.39 is 0 Å². The van der Waals surface area contributed by atoms with Crippen molar-refractivity contribution in [3.8, 4) is 0 Å². The summed E-state index contributed by atoms with van der Waals surface area (Å²) < 4.78 is 4.67. The first kappa shape index (κ1) is 14.0. The minimum absolute atomic E-state index is 0.363. The van der Waals surface area contributed by atoms with E-state index in [2.05, 4.69) is 28.2 Å². The van der Waals surface area contributed by atoms with Crippen LogP contribution in [0, 0.1) is 0 Å². The Morgan fingerprint density at radius 3 is 2.67 bits per heavy atom. The molecule has 0 fully saturated rings. The van der Waals surface area contributed by atoms with Gasteiger partial charge in [-0.2, -0.15) is 0 Å². The average molecular weight is 194 g/mol. The SMILES string of the molecule is C=CC(=O)OCCNCC.CCl. The minimum Gasteiger partial charge on any atom is -0.461 e. The molecule has 0 aliphatic rings. The van der Waals surface area contributed by atoms with Gasteiger partial charge in [0, 0.05) is 19.0 Å². The van der Waals surface area contributed by atoms with Crippen LogP contribution in [0.15, 0.2) is 12.7 Å². The van der Waals surface area contributed by atoms with Gasteiger partial charge in [0.1, 0.15) is 6.61 Å². The third kappa shape index (κ3) is 12.2. The summed E-state index contributed by atoms with van der Waals surface area (Å²) >= 11 is 4.64. The van der Waals surface area contributed by atoms with Crippen molar-refractivity contribution >= 4 is 17.6 Å². The number of likely N-dealkylation sites (N-methyl/N-ethyl adjacent to an activating group) is 1. The Labute approximate surface area is 78.7 Å². The fraction of sp³-hybridized carbons (Fsp3) is 0.625. The predicted octanol–water partition coefficient (Wildman–Crippen LogP) is 1.18. The molecule has 0 heterocycles. The van der Waals surface area contributed by atoms with Crippen LogP contribution in [0.25, 0.3) is 0 Å². The number of halogens is 1. The average Bonchev–Trinajstić information content (AvgIpc) is 2.15. The van der Waals surface area contributed by atoms with E-state index in [1.807, 2.05) is 6.92 Å². The van der Waals surface area contributed by atoms with Gasteiger partial charge in [-0.25, -0.2) is 4.79 Å². The van der Waals surface area contributed by atoms with Gasteiger partial charge in [0.05, 0.1) is 0 Å². The van der Waals surface area contributed by atoms with Crippen molar-refractivity contribution in [1.82, 2.24) is 5.32 Å². The maximum Gasteiger partial charge on any atom is 0.330 e. The van der Waals surface area contributed by atoms with Crippen molar-refractivity contribution in [2.24, 2.45) is 0 Å². The van der Waals surface area contributed by atoms with E-state index in [0.717, 1.165) is 12.6 Å². The van der Waals surface area contributed by atoms with E-state index in [0.29, 0.717) is 13.2 Å². The zero-order chi connectivity index (χ0) is 9.82. The van der Waals surface area contributed by atoms with E-state index in [4.69, 9.17) is 0 Å². The van der Waals surface area contributed by atoms with Gasteiger partial charge < -0.3 is 10.1 Å². The normalized spacial score (nSPS) is 7.92. The zero-order valence-corrected chi connectivity index (χ0v) is 8.36. The van der Waals surface area contributed by atoms with Gasteiger partial charge >= 0.3 is 5.97 Å². The summed E-state index contributed by atoms with van der Waals surface area (Å²) in [5.74, 6) is -0.363. The number of alkyl halides is 1. The highest BCUT2D eigenvalue weighted by molar-refractivity contribution is 6.15. The van der Waals surface area contributed by atoms with Crippen LogP contribution in [0.3, 0.4) is 0 Å². The number of hydrogen-bond acceptors (Lipinski definition) is 3.